The monoisotopic (exact) mass is 252 g/mol. The van der Waals surface area contributed by atoms with E-state index in [0.717, 1.165) is 12.8 Å². The molecule has 0 radical (unpaired) electrons. The van der Waals surface area contributed by atoms with Gasteiger partial charge in [-0.3, -0.25) is 10.1 Å². The highest BCUT2D eigenvalue weighted by atomic mass is 16.6. The van der Waals surface area contributed by atoms with Crippen molar-refractivity contribution in [3.8, 4) is 11.5 Å². The fraction of sp³-hybridized carbons (Fsp3) is 0.500. The molecule has 1 aliphatic rings. The number of nitrogens with zero attached hydrogens (tertiary/aromatic N) is 1. The molecule has 1 saturated carbocycles. The minimum atomic E-state index is -0.464. The Morgan fingerprint density at radius 1 is 1.50 bits per heavy atom. The van der Waals surface area contributed by atoms with Crippen LogP contribution < -0.4 is 15.2 Å². The summed E-state index contributed by atoms with van der Waals surface area (Å²) in [6.07, 6.45) is 1.75. The Balaban J connectivity index is 2.12. The fourth-order valence-electron chi connectivity index (χ4n) is 1.88. The van der Waals surface area contributed by atoms with E-state index in [4.69, 9.17) is 15.2 Å². The van der Waals surface area contributed by atoms with Crippen molar-refractivity contribution >= 4 is 5.69 Å². The molecule has 1 aromatic rings. The molecule has 0 heterocycles. The van der Waals surface area contributed by atoms with E-state index in [9.17, 15) is 10.1 Å². The molecule has 2 rings (SSSR count). The highest BCUT2D eigenvalue weighted by molar-refractivity contribution is 5.50. The first-order valence-corrected chi connectivity index (χ1v) is 5.93. The first-order chi connectivity index (χ1) is 8.60. The van der Waals surface area contributed by atoms with Gasteiger partial charge in [0.15, 0.2) is 0 Å². The van der Waals surface area contributed by atoms with Gasteiger partial charge in [-0.1, -0.05) is 0 Å². The van der Waals surface area contributed by atoms with Crippen LogP contribution in [0.1, 0.15) is 19.8 Å². The SMILES string of the molecule is CCOc1cc(OC2CC(N)C2)ccc1[N+](=O)[O-]. The third-order valence-electron chi connectivity index (χ3n) is 2.86. The average molecular weight is 252 g/mol. The fourth-order valence-corrected chi connectivity index (χ4v) is 1.88. The van der Waals surface area contributed by atoms with E-state index < -0.39 is 4.92 Å². The third-order valence-corrected chi connectivity index (χ3v) is 2.86. The van der Waals surface area contributed by atoms with Crippen molar-refractivity contribution in [1.29, 1.82) is 0 Å². The van der Waals surface area contributed by atoms with Crippen LogP contribution in [0.15, 0.2) is 18.2 Å². The number of nitrogens with two attached hydrogens (primary N) is 1. The second kappa shape index (κ2) is 5.22. The van der Waals surface area contributed by atoms with Gasteiger partial charge in [0.25, 0.3) is 0 Å². The maximum absolute atomic E-state index is 10.8. The lowest BCUT2D eigenvalue weighted by atomic mass is 9.90. The van der Waals surface area contributed by atoms with Crippen molar-refractivity contribution in [2.45, 2.75) is 31.9 Å². The largest absolute Gasteiger partial charge is 0.490 e. The van der Waals surface area contributed by atoms with Crippen molar-refractivity contribution < 1.29 is 14.4 Å². The van der Waals surface area contributed by atoms with E-state index in [2.05, 4.69) is 0 Å². The Bertz CT molecular complexity index is 444. The molecule has 0 amide bonds. The number of hydrogen-bond donors (Lipinski definition) is 1. The van der Waals surface area contributed by atoms with E-state index in [1.807, 2.05) is 0 Å². The van der Waals surface area contributed by atoms with E-state index in [1.54, 1.807) is 19.1 Å². The third kappa shape index (κ3) is 2.70. The number of nitro groups is 1. The number of nitro benzene ring substituents is 1. The van der Waals surface area contributed by atoms with E-state index >= 15 is 0 Å². The molecule has 98 valence electrons. The second-order valence-electron chi connectivity index (χ2n) is 4.29. The van der Waals surface area contributed by atoms with Gasteiger partial charge < -0.3 is 15.2 Å². The summed E-state index contributed by atoms with van der Waals surface area (Å²) in [6, 6.07) is 4.76. The van der Waals surface area contributed by atoms with Gasteiger partial charge in [-0.05, 0) is 25.8 Å². The molecule has 0 aromatic heterocycles. The van der Waals surface area contributed by atoms with Crippen LogP contribution in [0, 0.1) is 10.1 Å². The van der Waals surface area contributed by atoms with Gasteiger partial charge in [-0.2, -0.15) is 0 Å². The molecule has 0 unspecified atom stereocenters. The number of ether oxygens (including phenoxy) is 2. The van der Waals surface area contributed by atoms with Crippen molar-refractivity contribution in [1.82, 2.24) is 0 Å². The Labute approximate surface area is 105 Å². The molecule has 0 spiro atoms. The Hall–Kier alpha value is -1.82. The molecule has 1 aromatic carbocycles. The smallest absolute Gasteiger partial charge is 0.311 e. The van der Waals surface area contributed by atoms with Gasteiger partial charge in [0.2, 0.25) is 5.75 Å². The van der Waals surface area contributed by atoms with Crippen molar-refractivity contribution in [3.63, 3.8) is 0 Å². The zero-order chi connectivity index (χ0) is 13.1. The number of hydrogen-bond acceptors (Lipinski definition) is 5. The van der Waals surface area contributed by atoms with Crippen LogP contribution in [-0.2, 0) is 0 Å². The molecular weight excluding hydrogens is 236 g/mol. The van der Waals surface area contributed by atoms with Gasteiger partial charge >= 0.3 is 5.69 Å². The Kier molecular flexibility index (Phi) is 3.66. The highest BCUT2D eigenvalue weighted by Crippen LogP contribution is 2.33. The molecule has 1 fully saturated rings. The van der Waals surface area contributed by atoms with Crippen LogP contribution in [0.2, 0.25) is 0 Å². The summed E-state index contributed by atoms with van der Waals surface area (Å²) in [5.41, 5.74) is 5.62. The lowest BCUT2D eigenvalue weighted by Gasteiger charge is -2.32. The van der Waals surface area contributed by atoms with E-state index in [-0.39, 0.29) is 23.6 Å². The summed E-state index contributed by atoms with van der Waals surface area (Å²) < 4.78 is 10.9. The molecule has 0 bridgehead atoms. The van der Waals surface area contributed by atoms with Crippen LogP contribution in [0.3, 0.4) is 0 Å². The summed E-state index contributed by atoms with van der Waals surface area (Å²) in [6.45, 7) is 2.15. The van der Waals surface area contributed by atoms with Crippen LogP contribution in [-0.4, -0.2) is 23.7 Å². The minimum Gasteiger partial charge on any atom is -0.490 e. The quantitative estimate of drug-likeness (QED) is 0.638. The average Bonchev–Trinajstić information content (AvgIpc) is 2.27. The number of rotatable bonds is 5. The standard InChI is InChI=1S/C12H16N2O4/c1-2-17-12-7-9(3-4-11(12)14(15)16)18-10-5-8(13)6-10/h3-4,7-8,10H,2,5-6,13H2,1H3. The summed E-state index contributed by atoms with van der Waals surface area (Å²) in [5, 5.41) is 10.8. The molecule has 0 aliphatic heterocycles. The Morgan fingerprint density at radius 2 is 2.22 bits per heavy atom. The van der Waals surface area contributed by atoms with Crippen LogP contribution in [0.25, 0.3) is 0 Å². The van der Waals surface area contributed by atoms with Crippen LogP contribution >= 0.6 is 0 Å². The van der Waals surface area contributed by atoms with E-state index in [1.165, 1.54) is 6.07 Å². The molecule has 18 heavy (non-hydrogen) atoms. The normalized spacial score (nSPS) is 22.1. The summed E-state index contributed by atoms with van der Waals surface area (Å²) >= 11 is 0. The second-order valence-corrected chi connectivity index (χ2v) is 4.29. The van der Waals surface area contributed by atoms with E-state index in [0.29, 0.717) is 12.4 Å². The van der Waals surface area contributed by atoms with Crippen LogP contribution in [0.5, 0.6) is 11.5 Å². The summed E-state index contributed by atoms with van der Waals surface area (Å²) in [5.74, 6) is 0.824. The maximum Gasteiger partial charge on any atom is 0.311 e. The Morgan fingerprint density at radius 3 is 2.78 bits per heavy atom. The zero-order valence-corrected chi connectivity index (χ0v) is 10.2. The predicted molar refractivity (Wildman–Crippen MR) is 65.9 cm³/mol. The summed E-state index contributed by atoms with van der Waals surface area (Å²) in [7, 11) is 0. The van der Waals surface area contributed by atoms with Crippen molar-refractivity contribution in [3.05, 3.63) is 28.3 Å². The van der Waals surface area contributed by atoms with Gasteiger partial charge in [0, 0.05) is 18.2 Å². The topological polar surface area (TPSA) is 87.6 Å². The maximum atomic E-state index is 10.8. The van der Waals surface area contributed by atoms with Gasteiger partial charge in [-0.15, -0.1) is 0 Å². The van der Waals surface area contributed by atoms with Crippen LogP contribution in [0.4, 0.5) is 5.69 Å². The van der Waals surface area contributed by atoms with Crippen molar-refractivity contribution in [2.24, 2.45) is 5.73 Å². The predicted octanol–water partition coefficient (Wildman–Crippen LogP) is 1.86. The molecule has 6 nitrogen and oxygen atoms in total. The number of benzene rings is 1. The highest BCUT2D eigenvalue weighted by Gasteiger charge is 2.28. The lowest BCUT2D eigenvalue weighted by molar-refractivity contribution is -0.385. The first kappa shape index (κ1) is 12.6. The molecule has 1 aliphatic carbocycles. The minimum absolute atomic E-state index is 0.0467. The molecule has 0 atom stereocenters. The van der Waals surface area contributed by atoms with Gasteiger partial charge in [0.1, 0.15) is 11.9 Å². The molecule has 2 N–H and O–H groups in total. The van der Waals surface area contributed by atoms with Gasteiger partial charge in [-0.25, -0.2) is 0 Å². The first-order valence-electron chi connectivity index (χ1n) is 5.93. The van der Waals surface area contributed by atoms with Crippen molar-refractivity contribution in [2.75, 3.05) is 6.61 Å². The van der Waals surface area contributed by atoms with Gasteiger partial charge in [0.05, 0.1) is 11.5 Å². The molecular formula is C12H16N2O4. The molecule has 6 heteroatoms. The lowest BCUT2D eigenvalue weighted by Crippen LogP contribution is -2.43. The molecule has 0 saturated heterocycles. The summed E-state index contributed by atoms with van der Waals surface area (Å²) in [4.78, 5) is 10.3. The zero-order valence-electron chi connectivity index (χ0n) is 10.2.